The van der Waals surface area contributed by atoms with Gasteiger partial charge in [0.15, 0.2) is 11.7 Å². The maximum absolute atomic E-state index is 12.1. The third kappa shape index (κ3) is 4.98. The highest BCUT2D eigenvalue weighted by Crippen LogP contribution is 2.32. The van der Waals surface area contributed by atoms with Gasteiger partial charge in [0, 0.05) is 20.4 Å². The van der Waals surface area contributed by atoms with E-state index in [1.807, 2.05) is 17.5 Å². The second kappa shape index (κ2) is 8.71. The number of nitrogens with zero attached hydrogens (tertiary/aromatic N) is 1. The number of carbonyl (C=O) groups is 1. The summed E-state index contributed by atoms with van der Waals surface area (Å²) < 4.78 is 7.18. The topological polar surface area (TPSA) is 51.2 Å². The van der Waals surface area contributed by atoms with Crippen molar-refractivity contribution in [1.29, 1.82) is 0 Å². The third-order valence-electron chi connectivity index (χ3n) is 3.21. The van der Waals surface area contributed by atoms with Gasteiger partial charge in [0.05, 0.1) is 15.2 Å². The number of hydrogen-bond acceptors (Lipinski definition) is 4. The second-order valence-electron chi connectivity index (χ2n) is 5.07. The summed E-state index contributed by atoms with van der Waals surface area (Å²) in [6.07, 6.45) is 0. The van der Waals surface area contributed by atoms with Crippen molar-refractivity contribution in [3.63, 3.8) is 0 Å². The van der Waals surface area contributed by atoms with Crippen LogP contribution < -0.4 is 10.1 Å². The molecule has 9 heteroatoms. The Kier molecular flexibility index (Phi) is 6.58. The Balaban J connectivity index is 1.62. The number of nitrogens with one attached hydrogen (secondary N) is 1. The van der Waals surface area contributed by atoms with Crippen LogP contribution in [0.5, 0.6) is 5.75 Å². The van der Waals surface area contributed by atoms with Crippen molar-refractivity contribution < 1.29 is 9.53 Å². The van der Waals surface area contributed by atoms with Gasteiger partial charge in [-0.05, 0) is 52.3 Å². The number of thiazole rings is 1. The number of amides is 1. The van der Waals surface area contributed by atoms with E-state index in [2.05, 4.69) is 42.2 Å². The molecule has 1 aromatic heterocycles. The number of carbonyl (C=O) groups excluding carboxylic acids is 1. The van der Waals surface area contributed by atoms with Crippen molar-refractivity contribution in [2.45, 2.75) is 0 Å². The maximum Gasteiger partial charge on any atom is 0.264 e. The van der Waals surface area contributed by atoms with Crippen LogP contribution in [0.2, 0.25) is 10.0 Å². The summed E-state index contributed by atoms with van der Waals surface area (Å²) in [5.41, 5.74) is 1.42. The summed E-state index contributed by atoms with van der Waals surface area (Å²) >= 11 is 20.1. The number of benzene rings is 2. The molecule has 1 amide bonds. The van der Waals surface area contributed by atoms with E-state index in [4.69, 9.17) is 27.9 Å². The smallest absolute Gasteiger partial charge is 0.264 e. The first-order chi connectivity index (χ1) is 12.4. The largest absolute Gasteiger partial charge is 0.483 e. The van der Waals surface area contributed by atoms with Crippen LogP contribution in [-0.4, -0.2) is 17.5 Å². The Labute approximate surface area is 180 Å². The first-order valence-electron chi connectivity index (χ1n) is 7.21. The minimum absolute atomic E-state index is 0.128. The van der Waals surface area contributed by atoms with Crippen LogP contribution in [0.3, 0.4) is 0 Å². The van der Waals surface area contributed by atoms with Crippen molar-refractivity contribution >= 4 is 77.4 Å². The summed E-state index contributed by atoms with van der Waals surface area (Å²) in [5.74, 6) is 0.277. The molecule has 0 unspecified atom stereocenters. The van der Waals surface area contributed by atoms with Gasteiger partial charge in [-0.2, -0.15) is 0 Å². The normalized spacial score (nSPS) is 10.6. The van der Waals surface area contributed by atoms with Gasteiger partial charge in [-0.15, -0.1) is 11.3 Å². The number of anilines is 1. The average molecular weight is 537 g/mol. The number of ether oxygens (including phenoxy) is 1. The molecule has 0 aliphatic carbocycles. The van der Waals surface area contributed by atoms with Gasteiger partial charge in [0.2, 0.25) is 0 Å². The molecule has 26 heavy (non-hydrogen) atoms. The number of aromatic nitrogens is 1. The van der Waals surface area contributed by atoms with E-state index >= 15 is 0 Å². The molecule has 1 heterocycles. The van der Waals surface area contributed by atoms with Crippen LogP contribution >= 0.6 is 66.4 Å². The standard InChI is InChI=1S/C17H10Br2Cl2N2O2S/c18-9-1-4-15(12(19)5-9)25-7-16(24)23-17-22-14(8-26-17)11-3-2-10(20)6-13(11)21/h1-6,8H,7H2,(H,22,23,24). The number of hydrogen-bond donors (Lipinski definition) is 1. The van der Waals surface area contributed by atoms with Gasteiger partial charge in [-0.3, -0.25) is 10.1 Å². The second-order valence-corrected chi connectivity index (χ2v) is 8.55. The lowest BCUT2D eigenvalue weighted by Crippen LogP contribution is -2.20. The Morgan fingerprint density at radius 2 is 2.00 bits per heavy atom. The van der Waals surface area contributed by atoms with E-state index in [1.54, 1.807) is 24.3 Å². The third-order valence-corrected chi connectivity index (χ3v) is 5.63. The van der Waals surface area contributed by atoms with E-state index in [9.17, 15) is 4.79 Å². The Bertz CT molecular complexity index is 966. The average Bonchev–Trinajstić information content (AvgIpc) is 3.02. The highest BCUT2D eigenvalue weighted by Gasteiger charge is 2.12. The van der Waals surface area contributed by atoms with Crippen LogP contribution in [-0.2, 0) is 4.79 Å². The van der Waals surface area contributed by atoms with E-state index in [-0.39, 0.29) is 12.5 Å². The molecule has 0 bridgehead atoms. The van der Waals surface area contributed by atoms with Gasteiger partial charge in [-0.25, -0.2) is 4.98 Å². The highest BCUT2D eigenvalue weighted by atomic mass is 79.9. The molecule has 0 saturated carbocycles. The highest BCUT2D eigenvalue weighted by molar-refractivity contribution is 9.11. The molecule has 0 saturated heterocycles. The maximum atomic E-state index is 12.1. The zero-order valence-electron chi connectivity index (χ0n) is 12.9. The molecule has 134 valence electrons. The molecule has 0 spiro atoms. The summed E-state index contributed by atoms with van der Waals surface area (Å²) in [5, 5.41) is 6.06. The van der Waals surface area contributed by atoms with E-state index in [0.717, 1.165) is 14.5 Å². The summed E-state index contributed by atoms with van der Waals surface area (Å²) in [6.45, 7) is -0.128. The molecule has 0 atom stereocenters. The molecule has 3 rings (SSSR count). The predicted octanol–water partition coefficient (Wildman–Crippen LogP) is 6.66. The van der Waals surface area contributed by atoms with Crippen molar-refractivity contribution in [3.05, 3.63) is 60.8 Å². The molecule has 0 aliphatic rings. The fourth-order valence-corrected chi connectivity index (χ4v) is 4.44. The molecule has 0 radical (unpaired) electrons. The molecule has 4 nitrogen and oxygen atoms in total. The van der Waals surface area contributed by atoms with Crippen LogP contribution in [0.15, 0.2) is 50.7 Å². The van der Waals surface area contributed by atoms with Gasteiger partial charge in [-0.1, -0.05) is 39.1 Å². The predicted molar refractivity (Wildman–Crippen MR) is 114 cm³/mol. The fourth-order valence-electron chi connectivity index (χ4n) is 2.04. The molecular weight excluding hydrogens is 527 g/mol. The minimum Gasteiger partial charge on any atom is -0.483 e. The Hall–Kier alpha value is -1.12. The van der Waals surface area contributed by atoms with Crippen LogP contribution in [0.25, 0.3) is 11.3 Å². The van der Waals surface area contributed by atoms with Crippen LogP contribution in [0.4, 0.5) is 5.13 Å². The lowest BCUT2D eigenvalue weighted by atomic mass is 10.2. The molecule has 0 aliphatic heterocycles. The zero-order valence-corrected chi connectivity index (χ0v) is 18.4. The Morgan fingerprint density at radius 1 is 1.19 bits per heavy atom. The van der Waals surface area contributed by atoms with Crippen molar-refractivity contribution in [3.8, 4) is 17.0 Å². The van der Waals surface area contributed by atoms with E-state index < -0.39 is 0 Å². The monoisotopic (exact) mass is 534 g/mol. The number of rotatable bonds is 5. The summed E-state index contributed by atoms with van der Waals surface area (Å²) in [6, 6.07) is 10.6. The lowest BCUT2D eigenvalue weighted by Gasteiger charge is -2.08. The molecular formula is C17H10Br2Cl2N2O2S. The first-order valence-corrected chi connectivity index (χ1v) is 10.4. The van der Waals surface area contributed by atoms with Crippen molar-refractivity contribution in [2.24, 2.45) is 0 Å². The SMILES string of the molecule is O=C(COc1ccc(Br)cc1Br)Nc1nc(-c2ccc(Cl)cc2Cl)cs1. The fraction of sp³-hybridized carbons (Fsp3) is 0.0588. The van der Waals surface area contributed by atoms with Gasteiger partial charge >= 0.3 is 0 Å². The first kappa shape index (κ1) is 19.6. The van der Waals surface area contributed by atoms with Crippen LogP contribution in [0.1, 0.15) is 0 Å². The minimum atomic E-state index is -0.303. The summed E-state index contributed by atoms with van der Waals surface area (Å²) in [7, 11) is 0. The molecule has 2 aromatic carbocycles. The molecule has 1 N–H and O–H groups in total. The summed E-state index contributed by atoms with van der Waals surface area (Å²) in [4.78, 5) is 16.5. The van der Waals surface area contributed by atoms with E-state index in [0.29, 0.717) is 26.6 Å². The quantitative estimate of drug-likeness (QED) is 0.397. The van der Waals surface area contributed by atoms with Crippen molar-refractivity contribution in [2.75, 3.05) is 11.9 Å². The van der Waals surface area contributed by atoms with E-state index in [1.165, 1.54) is 11.3 Å². The van der Waals surface area contributed by atoms with Crippen molar-refractivity contribution in [1.82, 2.24) is 4.98 Å². The van der Waals surface area contributed by atoms with Gasteiger partial charge < -0.3 is 4.74 Å². The number of halogens is 4. The van der Waals surface area contributed by atoms with Crippen LogP contribution in [0, 0.1) is 0 Å². The van der Waals surface area contributed by atoms with Gasteiger partial charge in [0.25, 0.3) is 5.91 Å². The zero-order chi connectivity index (χ0) is 18.7. The lowest BCUT2D eigenvalue weighted by molar-refractivity contribution is -0.118. The molecule has 3 aromatic rings. The van der Waals surface area contributed by atoms with Gasteiger partial charge in [0.1, 0.15) is 5.75 Å². The Morgan fingerprint density at radius 3 is 2.73 bits per heavy atom. The molecule has 0 fully saturated rings.